The molecule has 0 saturated carbocycles. The number of methoxy groups -OCH3 is 1. The third-order valence-corrected chi connectivity index (χ3v) is 4.23. The molecular weight excluding hydrogens is 364 g/mol. The molecule has 0 aliphatic carbocycles. The van der Waals surface area contributed by atoms with Crippen LogP contribution in [0.3, 0.4) is 0 Å². The number of fused-ring (bicyclic) bond motifs is 1. The summed E-state index contributed by atoms with van der Waals surface area (Å²) in [7, 11) is 1.53. The van der Waals surface area contributed by atoms with Crippen molar-refractivity contribution in [3.8, 4) is 11.6 Å². The topological polar surface area (TPSA) is 119 Å². The molecule has 1 heterocycles. The van der Waals surface area contributed by atoms with Crippen molar-refractivity contribution < 1.29 is 19.6 Å². The fourth-order valence-electron chi connectivity index (χ4n) is 2.86. The molecular formula is C19H18N4O5. The molecule has 0 spiro atoms. The van der Waals surface area contributed by atoms with Crippen LogP contribution in [0.2, 0.25) is 0 Å². The average Bonchev–Trinajstić information content (AvgIpc) is 2.97. The number of hydrogen-bond donors (Lipinski definition) is 1. The van der Waals surface area contributed by atoms with E-state index < -0.39 is 10.8 Å². The molecule has 144 valence electrons. The van der Waals surface area contributed by atoms with Crippen LogP contribution in [0, 0.1) is 10.1 Å². The quantitative estimate of drug-likeness (QED) is 0.380. The predicted molar refractivity (Wildman–Crippen MR) is 102 cm³/mol. The maximum atomic E-state index is 12.3. The Morgan fingerprint density at radius 2 is 1.96 bits per heavy atom. The first kappa shape index (κ1) is 19.0. The zero-order valence-corrected chi connectivity index (χ0v) is 15.3. The Hall–Kier alpha value is -3.75. The Morgan fingerprint density at radius 3 is 2.57 bits per heavy atom. The predicted octanol–water partition coefficient (Wildman–Crippen LogP) is 4.60. The number of rotatable bonds is 6. The van der Waals surface area contributed by atoms with Gasteiger partial charge in [-0.15, -0.1) is 10.2 Å². The number of carbonyl (C=O) groups excluding carboxylic acids is 1. The van der Waals surface area contributed by atoms with Gasteiger partial charge in [0.25, 0.3) is 11.6 Å². The van der Waals surface area contributed by atoms with Crippen LogP contribution in [-0.2, 0) is 6.54 Å². The van der Waals surface area contributed by atoms with Gasteiger partial charge in [-0.2, -0.15) is 0 Å². The number of ether oxygens (including phenoxy) is 1. The molecule has 1 N–H and O–H groups in total. The zero-order valence-electron chi connectivity index (χ0n) is 15.3. The van der Waals surface area contributed by atoms with Gasteiger partial charge >= 0.3 is 0 Å². The highest BCUT2D eigenvalue weighted by Crippen LogP contribution is 2.40. The lowest BCUT2D eigenvalue weighted by molar-refractivity contribution is -0.384. The summed E-state index contributed by atoms with van der Waals surface area (Å²) in [5, 5.41) is 29.5. The average molecular weight is 382 g/mol. The van der Waals surface area contributed by atoms with Crippen molar-refractivity contribution in [3.05, 3.63) is 58.1 Å². The molecule has 0 aliphatic heterocycles. The van der Waals surface area contributed by atoms with Gasteiger partial charge in [0, 0.05) is 29.6 Å². The van der Waals surface area contributed by atoms with Gasteiger partial charge in [-0.25, -0.2) is 0 Å². The van der Waals surface area contributed by atoms with Gasteiger partial charge in [-0.3, -0.25) is 14.9 Å². The molecule has 0 fully saturated rings. The van der Waals surface area contributed by atoms with Crippen molar-refractivity contribution in [1.82, 2.24) is 4.57 Å². The number of nitrogens with zero attached hydrogens (tertiary/aromatic N) is 4. The third-order valence-electron chi connectivity index (χ3n) is 4.23. The van der Waals surface area contributed by atoms with Crippen LogP contribution >= 0.6 is 0 Å². The molecule has 3 aromatic rings. The van der Waals surface area contributed by atoms with Crippen LogP contribution < -0.4 is 4.74 Å². The maximum absolute atomic E-state index is 12.3. The van der Waals surface area contributed by atoms with Crippen molar-refractivity contribution in [2.24, 2.45) is 10.2 Å². The second kappa shape index (κ2) is 7.87. The number of azo groups is 1. The van der Waals surface area contributed by atoms with E-state index in [1.165, 1.54) is 31.4 Å². The Bertz CT molecular complexity index is 1070. The zero-order chi connectivity index (χ0) is 20.3. The lowest BCUT2D eigenvalue weighted by Gasteiger charge is -2.04. The Labute approximate surface area is 160 Å². The van der Waals surface area contributed by atoms with Crippen molar-refractivity contribution in [2.75, 3.05) is 7.11 Å². The molecule has 0 atom stereocenters. The standard InChI is InChI=1S/C19H18N4O5/c1-3-10-22-16-9-8-14(28-2)11-15(16)17(19(22)25)20-21-18(24)12-4-6-13(7-5-12)23(26)27/h4-9,11,25H,3,10H2,1-2H3. The summed E-state index contributed by atoms with van der Waals surface area (Å²) in [5.74, 6) is -0.182. The highest BCUT2D eigenvalue weighted by atomic mass is 16.6. The molecule has 0 unspecified atom stereocenters. The van der Waals surface area contributed by atoms with Gasteiger partial charge in [0.05, 0.1) is 17.5 Å². The summed E-state index contributed by atoms with van der Waals surface area (Å²) in [6.45, 7) is 2.55. The van der Waals surface area contributed by atoms with Crippen molar-refractivity contribution in [2.45, 2.75) is 19.9 Å². The van der Waals surface area contributed by atoms with E-state index in [0.717, 1.165) is 11.9 Å². The molecule has 0 saturated heterocycles. The van der Waals surface area contributed by atoms with Crippen LogP contribution in [0.1, 0.15) is 23.7 Å². The second-order valence-corrected chi connectivity index (χ2v) is 6.02. The van der Waals surface area contributed by atoms with Crippen LogP contribution in [-0.4, -0.2) is 27.6 Å². The minimum Gasteiger partial charge on any atom is -0.497 e. The number of aryl methyl sites for hydroxylation is 1. The second-order valence-electron chi connectivity index (χ2n) is 6.02. The van der Waals surface area contributed by atoms with Gasteiger partial charge in [0.1, 0.15) is 5.75 Å². The Morgan fingerprint density at radius 1 is 1.25 bits per heavy atom. The molecule has 2 aromatic carbocycles. The summed E-state index contributed by atoms with van der Waals surface area (Å²) >= 11 is 0. The smallest absolute Gasteiger partial charge is 0.295 e. The van der Waals surface area contributed by atoms with Gasteiger partial charge in [0.15, 0.2) is 5.69 Å². The summed E-state index contributed by atoms with van der Waals surface area (Å²) in [4.78, 5) is 22.4. The molecule has 0 aliphatic rings. The maximum Gasteiger partial charge on any atom is 0.295 e. The van der Waals surface area contributed by atoms with E-state index in [-0.39, 0.29) is 22.8 Å². The number of hydrogen-bond acceptors (Lipinski definition) is 6. The summed E-state index contributed by atoms with van der Waals surface area (Å²) in [5.41, 5.74) is 0.944. The highest BCUT2D eigenvalue weighted by molar-refractivity contribution is 5.98. The number of aromatic hydroxyl groups is 1. The summed E-state index contributed by atoms with van der Waals surface area (Å²) < 4.78 is 6.92. The first-order valence-corrected chi connectivity index (χ1v) is 8.56. The lowest BCUT2D eigenvalue weighted by atomic mass is 10.2. The van der Waals surface area contributed by atoms with E-state index in [2.05, 4.69) is 10.2 Å². The lowest BCUT2D eigenvalue weighted by Crippen LogP contribution is -1.95. The van der Waals surface area contributed by atoms with Crippen molar-refractivity contribution in [1.29, 1.82) is 0 Å². The monoisotopic (exact) mass is 382 g/mol. The fraction of sp³-hybridized carbons (Fsp3) is 0.211. The number of non-ortho nitro benzene ring substituents is 1. The minimum absolute atomic E-state index is 0.0923. The van der Waals surface area contributed by atoms with Gasteiger partial charge in [-0.1, -0.05) is 6.92 Å². The van der Waals surface area contributed by atoms with E-state index in [1.54, 1.807) is 22.8 Å². The highest BCUT2D eigenvalue weighted by Gasteiger charge is 2.18. The fourth-order valence-corrected chi connectivity index (χ4v) is 2.86. The number of nitro benzene ring substituents is 1. The molecule has 9 heteroatoms. The van der Waals surface area contributed by atoms with Gasteiger partial charge in [0.2, 0.25) is 5.88 Å². The van der Waals surface area contributed by atoms with Crippen molar-refractivity contribution >= 4 is 28.2 Å². The Kier molecular flexibility index (Phi) is 5.35. The summed E-state index contributed by atoms with van der Waals surface area (Å²) in [6, 6.07) is 10.4. The number of aromatic nitrogens is 1. The molecule has 3 rings (SSSR count). The van der Waals surface area contributed by atoms with Crippen molar-refractivity contribution in [3.63, 3.8) is 0 Å². The molecule has 0 bridgehead atoms. The van der Waals surface area contributed by atoms with Gasteiger partial charge < -0.3 is 14.4 Å². The van der Waals surface area contributed by atoms with E-state index >= 15 is 0 Å². The molecule has 1 amide bonds. The van der Waals surface area contributed by atoms with Crippen LogP contribution in [0.25, 0.3) is 10.9 Å². The first-order chi connectivity index (χ1) is 13.5. The molecule has 28 heavy (non-hydrogen) atoms. The molecule has 1 aromatic heterocycles. The third kappa shape index (κ3) is 3.54. The summed E-state index contributed by atoms with van der Waals surface area (Å²) in [6.07, 6.45) is 0.793. The van der Waals surface area contributed by atoms with E-state index in [1.807, 2.05) is 6.92 Å². The number of nitro groups is 1. The van der Waals surface area contributed by atoms with Gasteiger partial charge in [-0.05, 0) is 36.8 Å². The van der Waals surface area contributed by atoms with E-state index in [9.17, 15) is 20.0 Å². The number of amides is 1. The Balaban J connectivity index is 1.99. The van der Waals surface area contributed by atoms with Crippen LogP contribution in [0.5, 0.6) is 11.6 Å². The number of benzene rings is 2. The van der Waals surface area contributed by atoms with E-state index in [4.69, 9.17) is 4.74 Å². The van der Waals surface area contributed by atoms with Crippen LogP contribution in [0.4, 0.5) is 11.4 Å². The first-order valence-electron chi connectivity index (χ1n) is 8.56. The largest absolute Gasteiger partial charge is 0.497 e. The SMILES string of the molecule is CCCn1c(O)c(N=NC(=O)c2ccc([N+](=O)[O-])cc2)c2cc(OC)ccc21. The minimum atomic E-state index is -0.673. The van der Waals surface area contributed by atoms with E-state index in [0.29, 0.717) is 17.7 Å². The van der Waals surface area contributed by atoms with Crippen LogP contribution in [0.15, 0.2) is 52.7 Å². The normalized spacial score (nSPS) is 11.2. The molecule has 9 nitrogen and oxygen atoms in total. The number of carbonyl (C=O) groups is 1. The molecule has 0 radical (unpaired) electrons.